The van der Waals surface area contributed by atoms with Crippen molar-refractivity contribution in [1.29, 1.82) is 0 Å². The highest BCUT2D eigenvalue weighted by molar-refractivity contribution is 7.15. The zero-order valence-electron chi connectivity index (χ0n) is 9.45. The summed E-state index contributed by atoms with van der Waals surface area (Å²) in [5.41, 5.74) is 0. The van der Waals surface area contributed by atoms with Crippen molar-refractivity contribution < 1.29 is 19.6 Å². The fourth-order valence-electron chi connectivity index (χ4n) is 1.34. The third-order valence-corrected chi connectivity index (χ3v) is 3.45. The molecular weight excluding hydrogens is 246 g/mol. The molecule has 1 N–H and O–H groups in total. The number of carbonyl (C=O) groups excluding carboxylic acids is 1. The van der Waals surface area contributed by atoms with Gasteiger partial charge in [-0.05, 0) is 12.0 Å². The largest absolute Gasteiger partial charge is 0.469 e. The Kier molecular flexibility index (Phi) is 4.59. The lowest BCUT2D eigenvalue weighted by Gasteiger charge is -2.15. The van der Waals surface area contributed by atoms with Gasteiger partial charge in [-0.1, -0.05) is 18.3 Å². The predicted molar refractivity (Wildman–Crippen MR) is 61.7 cm³/mol. The van der Waals surface area contributed by atoms with Gasteiger partial charge >= 0.3 is 11.0 Å². The maximum Gasteiger partial charge on any atom is 0.324 e. The molecule has 0 aliphatic rings. The topological polar surface area (TPSA) is 89.7 Å². The summed E-state index contributed by atoms with van der Waals surface area (Å²) in [5, 5.41) is 20.4. The summed E-state index contributed by atoms with van der Waals surface area (Å²) in [7, 11) is 1.28. The second-order valence-corrected chi connectivity index (χ2v) is 4.73. The molecule has 0 aliphatic heterocycles. The highest BCUT2D eigenvalue weighted by Gasteiger charge is 2.23. The molecule has 6 nitrogen and oxygen atoms in total. The van der Waals surface area contributed by atoms with Crippen molar-refractivity contribution in [2.45, 2.75) is 19.4 Å². The van der Waals surface area contributed by atoms with Gasteiger partial charge in [-0.3, -0.25) is 14.9 Å². The predicted octanol–water partition coefficient (Wildman–Crippen LogP) is 1.89. The van der Waals surface area contributed by atoms with Crippen LogP contribution in [0.25, 0.3) is 0 Å². The third kappa shape index (κ3) is 3.50. The minimum absolute atomic E-state index is 0.0238. The van der Waals surface area contributed by atoms with Crippen LogP contribution in [0.1, 0.15) is 24.3 Å². The van der Waals surface area contributed by atoms with E-state index in [1.165, 1.54) is 19.2 Å². The van der Waals surface area contributed by atoms with E-state index < -0.39 is 17.0 Å². The molecule has 17 heavy (non-hydrogen) atoms. The van der Waals surface area contributed by atoms with Gasteiger partial charge in [0.25, 0.3) is 0 Å². The Morgan fingerprint density at radius 2 is 2.29 bits per heavy atom. The smallest absolute Gasteiger partial charge is 0.324 e. The molecule has 0 aromatic carbocycles. The number of methoxy groups -OCH3 is 1. The van der Waals surface area contributed by atoms with Gasteiger partial charge in [0.1, 0.15) is 0 Å². The fraction of sp³-hybridized carbons (Fsp3) is 0.500. The Balaban J connectivity index is 2.70. The molecule has 0 radical (unpaired) electrons. The summed E-state index contributed by atoms with van der Waals surface area (Å²) < 4.78 is 4.50. The van der Waals surface area contributed by atoms with Crippen LogP contribution in [0.5, 0.6) is 0 Å². The summed E-state index contributed by atoms with van der Waals surface area (Å²) in [6.45, 7) is 1.69. The van der Waals surface area contributed by atoms with Gasteiger partial charge in [0.2, 0.25) is 0 Å². The zero-order chi connectivity index (χ0) is 13.0. The minimum Gasteiger partial charge on any atom is -0.469 e. The van der Waals surface area contributed by atoms with Gasteiger partial charge in [-0.25, -0.2) is 0 Å². The van der Waals surface area contributed by atoms with Crippen LogP contribution < -0.4 is 0 Å². The van der Waals surface area contributed by atoms with Crippen LogP contribution in [-0.4, -0.2) is 23.1 Å². The van der Waals surface area contributed by atoms with Crippen LogP contribution in [0.2, 0.25) is 0 Å². The van der Waals surface area contributed by atoms with E-state index in [2.05, 4.69) is 4.74 Å². The van der Waals surface area contributed by atoms with E-state index in [9.17, 15) is 20.0 Å². The Morgan fingerprint density at radius 3 is 2.76 bits per heavy atom. The van der Waals surface area contributed by atoms with Crippen LogP contribution in [0, 0.1) is 16.0 Å². The fourth-order valence-corrected chi connectivity index (χ4v) is 2.28. The molecule has 0 fully saturated rings. The quantitative estimate of drug-likeness (QED) is 0.495. The molecule has 0 saturated carbocycles. The molecule has 2 unspecified atom stereocenters. The normalized spacial score (nSPS) is 14.1. The van der Waals surface area contributed by atoms with Gasteiger partial charge in [0, 0.05) is 10.9 Å². The highest BCUT2D eigenvalue weighted by atomic mass is 32.1. The second-order valence-electron chi connectivity index (χ2n) is 3.64. The average molecular weight is 259 g/mol. The molecule has 2 atom stereocenters. The average Bonchev–Trinajstić information content (AvgIpc) is 2.77. The monoisotopic (exact) mass is 259 g/mol. The van der Waals surface area contributed by atoms with Crippen molar-refractivity contribution in [2.24, 2.45) is 5.92 Å². The van der Waals surface area contributed by atoms with E-state index in [1.54, 1.807) is 6.92 Å². The van der Waals surface area contributed by atoms with Gasteiger partial charge in [-0.2, -0.15) is 0 Å². The number of esters is 1. The van der Waals surface area contributed by atoms with Crippen molar-refractivity contribution in [1.82, 2.24) is 0 Å². The number of rotatable bonds is 5. The van der Waals surface area contributed by atoms with E-state index in [0.717, 1.165) is 11.3 Å². The molecule has 0 bridgehead atoms. The maximum absolute atomic E-state index is 11.0. The third-order valence-electron chi connectivity index (χ3n) is 2.34. The summed E-state index contributed by atoms with van der Waals surface area (Å²) in [5.74, 6) is -0.761. The van der Waals surface area contributed by atoms with Gasteiger partial charge in [0.15, 0.2) is 0 Å². The lowest BCUT2D eigenvalue weighted by molar-refractivity contribution is -0.380. The first-order valence-corrected chi connectivity index (χ1v) is 5.76. The highest BCUT2D eigenvalue weighted by Crippen LogP contribution is 2.33. The van der Waals surface area contributed by atoms with E-state index in [4.69, 9.17) is 0 Å². The van der Waals surface area contributed by atoms with E-state index in [-0.39, 0.29) is 17.3 Å². The molecule has 1 aromatic rings. The van der Waals surface area contributed by atoms with E-state index >= 15 is 0 Å². The van der Waals surface area contributed by atoms with Crippen LogP contribution >= 0.6 is 11.3 Å². The van der Waals surface area contributed by atoms with Gasteiger partial charge in [0.05, 0.1) is 24.6 Å². The first-order chi connectivity index (χ1) is 7.95. The molecule has 0 saturated heterocycles. The minimum atomic E-state index is -0.896. The molecule has 7 heteroatoms. The second kappa shape index (κ2) is 5.74. The number of hydrogen-bond donors (Lipinski definition) is 1. The Bertz CT molecular complexity index is 417. The molecule has 1 heterocycles. The van der Waals surface area contributed by atoms with Gasteiger partial charge < -0.3 is 9.84 Å². The summed E-state index contributed by atoms with van der Waals surface area (Å²) in [6, 6.07) is 2.84. The Morgan fingerprint density at radius 1 is 1.65 bits per heavy atom. The molecule has 0 amide bonds. The van der Waals surface area contributed by atoms with Crippen LogP contribution in [0.15, 0.2) is 12.1 Å². The molecule has 0 spiro atoms. The lowest BCUT2D eigenvalue weighted by atomic mass is 10.00. The van der Waals surface area contributed by atoms with Crippen molar-refractivity contribution in [3.8, 4) is 0 Å². The van der Waals surface area contributed by atoms with Crippen molar-refractivity contribution in [3.63, 3.8) is 0 Å². The van der Waals surface area contributed by atoms with Crippen molar-refractivity contribution in [2.75, 3.05) is 7.11 Å². The van der Waals surface area contributed by atoms with Crippen molar-refractivity contribution in [3.05, 3.63) is 27.1 Å². The first-order valence-electron chi connectivity index (χ1n) is 4.94. The number of hydrogen-bond acceptors (Lipinski definition) is 6. The van der Waals surface area contributed by atoms with Crippen LogP contribution in [-0.2, 0) is 9.53 Å². The summed E-state index contributed by atoms with van der Waals surface area (Å²) in [4.78, 5) is 21.5. The maximum atomic E-state index is 11.0. The summed E-state index contributed by atoms with van der Waals surface area (Å²) >= 11 is 0.911. The number of thiophene rings is 1. The van der Waals surface area contributed by atoms with Crippen molar-refractivity contribution >= 4 is 22.3 Å². The lowest BCUT2D eigenvalue weighted by Crippen LogP contribution is -2.14. The molecule has 0 aliphatic carbocycles. The standard InChI is InChI=1S/C10H13NO5S/c1-6(5-9(12)16-2)10(13)7-3-4-8(17-7)11(14)15/h3-4,6,10,13H,5H2,1-2H3. The Hall–Kier alpha value is -1.47. The molecule has 94 valence electrons. The van der Waals surface area contributed by atoms with E-state index in [0.29, 0.717) is 4.88 Å². The molecule has 1 rings (SSSR count). The molecule has 1 aromatic heterocycles. The van der Waals surface area contributed by atoms with Crippen LogP contribution in [0.4, 0.5) is 5.00 Å². The molecular formula is C10H13NO5S. The number of carbonyl (C=O) groups is 1. The van der Waals surface area contributed by atoms with E-state index in [1.807, 2.05) is 0 Å². The first kappa shape index (κ1) is 13.6. The number of nitro groups is 1. The summed E-state index contributed by atoms with van der Waals surface area (Å²) in [6.07, 6.45) is -0.823. The number of aliphatic hydroxyl groups excluding tert-OH is 1. The number of nitrogens with zero attached hydrogens (tertiary/aromatic N) is 1. The van der Waals surface area contributed by atoms with Gasteiger partial charge in [-0.15, -0.1) is 0 Å². The zero-order valence-corrected chi connectivity index (χ0v) is 10.3. The SMILES string of the molecule is COC(=O)CC(C)C(O)c1ccc([N+](=O)[O-])s1. The number of aliphatic hydroxyl groups is 1. The number of ether oxygens (including phenoxy) is 1. The Labute approximate surface area is 102 Å². The van der Waals surface area contributed by atoms with Crippen LogP contribution in [0.3, 0.4) is 0 Å².